The number of carbonyl (C=O) groups excluding carboxylic acids is 1. The maximum Gasteiger partial charge on any atom is 0.240 e. The first-order chi connectivity index (χ1) is 7.69. The number of hydrogen-bond acceptors (Lipinski definition) is 5. The lowest BCUT2D eigenvalue weighted by Gasteiger charge is -2.15. The average Bonchev–Trinajstić information content (AvgIpc) is 2.30. The third-order valence-corrected chi connectivity index (χ3v) is 2.07. The molecule has 1 rings (SSSR count). The summed E-state index contributed by atoms with van der Waals surface area (Å²) in [6.07, 6.45) is -0.984. The van der Waals surface area contributed by atoms with Crippen molar-refractivity contribution in [3.05, 3.63) is 29.8 Å². The lowest BCUT2D eigenvalue weighted by molar-refractivity contribution is 0.0216. The summed E-state index contributed by atoms with van der Waals surface area (Å²) >= 11 is 0. The molecule has 0 spiro atoms. The highest BCUT2D eigenvalue weighted by Crippen LogP contribution is 2.21. The van der Waals surface area contributed by atoms with Crippen LogP contribution in [0.5, 0.6) is 0 Å². The van der Waals surface area contributed by atoms with Crippen molar-refractivity contribution in [2.75, 3.05) is 0 Å². The van der Waals surface area contributed by atoms with E-state index < -0.39 is 12.2 Å². The van der Waals surface area contributed by atoms with Gasteiger partial charge in [0.2, 0.25) is 6.08 Å². The molecule has 0 saturated carbocycles. The second-order valence-corrected chi connectivity index (χ2v) is 3.17. The highest BCUT2D eigenvalue weighted by atomic mass is 16.3. The molecular formula is C11H10N2O3. The van der Waals surface area contributed by atoms with Crippen LogP contribution in [0.25, 0.3) is 0 Å². The fourth-order valence-electron chi connectivity index (χ4n) is 1.23. The predicted octanol–water partition coefficient (Wildman–Crippen LogP) is 0.962. The first kappa shape index (κ1) is 12.1. The van der Waals surface area contributed by atoms with Gasteiger partial charge in [0.25, 0.3) is 0 Å². The minimum Gasteiger partial charge on any atom is -0.389 e. The molecule has 0 heterocycles. The van der Waals surface area contributed by atoms with Crippen molar-refractivity contribution >= 4 is 11.8 Å². The van der Waals surface area contributed by atoms with Crippen molar-refractivity contribution in [3.8, 4) is 6.07 Å². The number of aliphatic hydroxyl groups excluding tert-OH is 2. The maximum absolute atomic E-state index is 9.97. The fraction of sp³-hybridized carbons (Fsp3) is 0.273. The van der Waals surface area contributed by atoms with Gasteiger partial charge in [0.05, 0.1) is 24.3 Å². The van der Waals surface area contributed by atoms with Gasteiger partial charge in [0.1, 0.15) is 6.10 Å². The van der Waals surface area contributed by atoms with E-state index in [0.29, 0.717) is 11.3 Å². The minimum absolute atomic E-state index is 0.143. The van der Waals surface area contributed by atoms with Crippen molar-refractivity contribution in [1.82, 2.24) is 0 Å². The Bertz CT molecular complexity index is 430. The van der Waals surface area contributed by atoms with Crippen molar-refractivity contribution < 1.29 is 15.0 Å². The van der Waals surface area contributed by atoms with Crippen LogP contribution in [-0.2, 0) is 4.79 Å². The maximum atomic E-state index is 9.97. The zero-order valence-corrected chi connectivity index (χ0v) is 8.37. The Kier molecular flexibility index (Phi) is 4.37. The van der Waals surface area contributed by atoms with Crippen LogP contribution in [0.1, 0.15) is 18.1 Å². The number of isocyanates is 1. The van der Waals surface area contributed by atoms with E-state index >= 15 is 0 Å². The number of benzene rings is 1. The van der Waals surface area contributed by atoms with Gasteiger partial charge in [-0.1, -0.05) is 12.1 Å². The van der Waals surface area contributed by atoms with E-state index in [1.165, 1.54) is 30.3 Å². The van der Waals surface area contributed by atoms with Crippen LogP contribution in [0.4, 0.5) is 5.69 Å². The van der Waals surface area contributed by atoms with Crippen molar-refractivity contribution in [1.29, 1.82) is 5.26 Å². The highest BCUT2D eigenvalue weighted by molar-refractivity contribution is 5.49. The SMILES string of the molecule is N#CCC(O)C(O)c1ccc(N=C=O)cc1. The smallest absolute Gasteiger partial charge is 0.240 e. The van der Waals surface area contributed by atoms with Crippen LogP contribution in [0.15, 0.2) is 29.3 Å². The van der Waals surface area contributed by atoms with Gasteiger partial charge >= 0.3 is 0 Å². The van der Waals surface area contributed by atoms with Crippen molar-refractivity contribution in [3.63, 3.8) is 0 Å². The fourth-order valence-corrected chi connectivity index (χ4v) is 1.23. The Morgan fingerprint density at radius 3 is 2.44 bits per heavy atom. The van der Waals surface area contributed by atoms with Crippen LogP contribution < -0.4 is 0 Å². The zero-order chi connectivity index (χ0) is 12.0. The minimum atomic E-state index is -1.12. The van der Waals surface area contributed by atoms with E-state index in [2.05, 4.69) is 4.99 Å². The molecule has 82 valence electrons. The molecule has 0 fully saturated rings. The van der Waals surface area contributed by atoms with E-state index in [4.69, 9.17) is 5.26 Å². The normalized spacial score (nSPS) is 13.3. The molecule has 2 atom stereocenters. The molecule has 0 aliphatic rings. The summed E-state index contributed by atoms with van der Waals surface area (Å²) in [6, 6.07) is 7.86. The van der Waals surface area contributed by atoms with Gasteiger partial charge in [-0.2, -0.15) is 10.3 Å². The number of aliphatic hydroxyl groups is 2. The molecule has 0 aliphatic carbocycles. The number of rotatable bonds is 4. The van der Waals surface area contributed by atoms with Gasteiger partial charge in [-0.3, -0.25) is 0 Å². The molecule has 1 aromatic carbocycles. The molecule has 0 aliphatic heterocycles. The monoisotopic (exact) mass is 218 g/mol. The first-order valence-electron chi connectivity index (χ1n) is 4.60. The van der Waals surface area contributed by atoms with Crippen molar-refractivity contribution in [2.45, 2.75) is 18.6 Å². The summed E-state index contributed by atoms with van der Waals surface area (Å²) in [5, 5.41) is 27.4. The molecule has 5 nitrogen and oxygen atoms in total. The summed E-state index contributed by atoms with van der Waals surface area (Å²) in [4.78, 5) is 13.4. The molecule has 0 saturated heterocycles. The second-order valence-electron chi connectivity index (χ2n) is 3.17. The standard InChI is InChI=1S/C11H10N2O3/c12-6-5-10(15)11(16)8-1-3-9(4-2-8)13-7-14/h1-4,10-11,15-16H,5H2. The third-order valence-electron chi connectivity index (χ3n) is 2.07. The Morgan fingerprint density at radius 2 is 1.94 bits per heavy atom. The van der Waals surface area contributed by atoms with E-state index in [-0.39, 0.29) is 6.42 Å². The van der Waals surface area contributed by atoms with Gasteiger partial charge in [0.15, 0.2) is 0 Å². The Balaban J connectivity index is 2.81. The number of nitriles is 1. The number of nitrogens with zero attached hydrogens (tertiary/aromatic N) is 2. The second kappa shape index (κ2) is 5.79. The Labute approximate surface area is 92.3 Å². The summed E-state index contributed by atoms with van der Waals surface area (Å²) in [5.41, 5.74) is 0.883. The van der Waals surface area contributed by atoms with Crippen LogP contribution in [-0.4, -0.2) is 22.4 Å². The number of hydrogen-bond donors (Lipinski definition) is 2. The van der Waals surface area contributed by atoms with Crippen molar-refractivity contribution in [2.24, 2.45) is 4.99 Å². The van der Waals surface area contributed by atoms with Crippen LogP contribution in [0, 0.1) is 11.3 Å². The molecule has 0 bridgehead atoms. The summed E-state index contributed by atoms with van der Waals surface area (Å²) in [7, 11) is 0. The molecule has 0 amide bonds. The highest BCUT2D eigenvalue weighted by Gasteiger charge is 2.17. The lowest BCUT2D eigenvalue weighted by Crippen LogP contribution is -2.17. The Morgan fingerprint density at radius 1 is 1.31 bits per heavy atom. The number of aliphatic imine (C=N–C) groups is 1. The lowest BCUT2D eigenvalue weighted by atomic mass is 10.0. The van der Waals surface area contributed by atoms with Gasteiger partial charge in [-0.25, -0.2) is 4.79 Å². The van der Waals surface area contributed by atoms with E-state index in [9.17, 15) is 15.0 Å². The van der Waals surface area contributed by atoms with Gasteiger partial charge in [0, 0.05) is 0 Å². The topological polar surface area (TPSA) is 93.7 Å². The van der Waals surface area contributed by atoms with Gasteiger partial charge in [-0.15, -0.1) is 0 Å². The summed E-state index contributed by atoms with van der Waals surface area (Å²) in [6.45, 7) is 0. The van der Waals surface area contributed by atoms with Crippen LogP contribution in [0.3, 0.4) is 0 Å². The van der Waals surface area contributed by atoms with Gasteiger partial charge in [-0.05, 0) is 17.7 Å². The predicted molar refractivity (Wildman–Crippen MR) is 55.4 cm³/mol. The molecular weight excluding hydrogens is 208 g/mol. The van der Waals surface area contributed by atoms with E-state index in [1.54, 1.807) is 6.07 Å². The van der Waals surface area contributed by atoms with Crippen LogP contribution in [0.2, 0.25) is 0 Å². The third kappa shape index (κ3) is 3.01. The largest absolute Gasteiger partial charge is 0.389 e. The van der Waals surface area contributed by atoms with E-state index in [1.807, 2.05) is 0 Å². The first-order valence-corrected chi connectivity index (χ1v) is 4.60. The molecule has 1 aromatic rings. The molecule has 0 aromatic heterocycles. The summed E-state index contributed by atoms with van der Waals surface area (Å²) < 4.78 is 0. The quantitative estimate of drug-likeness (QED) is 0.581. The molecule has 0 radical (unpaired) electrons. The molecule has 2 unspecified atom stereocenters. The zero-order valence-electron chi connectivity index (χ0n) is 8.37. The summed E-state index contributed by atoms with van der Waals surface area (Å²) in [5.74, 6) is 0. The van der Waals surface area contributed by atoms with Gasteiger partial charge < -0.3 is 10.2 Å². The molecule has 16 heavy (non-hydrogen) atoms. The Hall–Kier alpha value is -1.99. The van der Waals surface area contributed by atoms with Crippen LogP contribution >= 0.6 is 0 Å². The molecule has 5 heteroatoms. The van der Waals surface area contributed by atoms with E-state index in [0.717, 1.165) is 0 Å². The average molecular weight is 218 g/mol. The molecule has 2 N–H and O–H groups in total.